The molecule has 0 aromatic heterocycles. The van der Waals surface area contributed by atoms with Crippen molar-refractivity contribution in [1.29, 1.82) is 0 Å². The summed E-state index contributed by atoms with van der Waals surface area (Å²) in [6.07, 6.45) is -1.29. The highest BCUT2D eigenvalue weighted by Crippen LogP contribution is 2.40. The Hall–Kier alpha value is -1.96. The van der Waals surface area contributed by atoms with E-state index in [0.29, 0.717) is 31.8 Å². The number of benzene rings is 1. The van der Waals surface area contributed by atoms with E-state index in [0.717, 1.165) is 44.4 Å². The van der Waals surface area contributed by atoms with Crippen molar-refractivity contribution in [2.75, 3.05) is 26.2 Å². The smallest absolute Gasteiger partial charge is 0.416 e. The molecule has 3 rings (SSSR count). The predicted molar refractivity (Wildman–Crippen MR) is 102 cm³/mol. The second kappa shape index (κ2) is 8.42. The van der Waals surface area contributed by atoms with Crippen LogP contribution in [0.1, 0.15) is 50.7 Å². The van der Waals surface area contributed by atoms with Gasteiger partial charge in [0.15, 0.2) is 0 Å². The maximum atomic E-state index is 13.1. The van der Waals surface area contributed by atoms with Gasteiger partial charge in [-0.05, 0) is 61.9 Å². The molecule has 1 aromatic carbocycles. The van der Waals surface area contributed by atoms with Crippen molar-refractivity contribution in [3.63, 3.8) is 0 Å². The van der Waals surface area contributed by atoms with Gasteiger partial charge < -0.3 is 14.7 Å². The number of carbonyl (C=O) groups excluding carboxylic acids is 1. The van der Waals surface area contributed by atoms with Crippen LogP contribution < -0.4 is 0 Å². The zero-order valence-electron chi connectivity index (χ0n) is 17.0. The molecule has 0 unspecified atom stereocenters. The van der Waals surface area contributed by atoms with Crippen LogP contribution in [0.25, 0.3) is 0 Å². The third-order valence-corrected chi connectivity index (χ3v) is 5.91. The number of ether oxygens (including phenoxy) is 1. The third-order valence-electron chi connectivity index (χ3n) is 5.91. The maximum absolute atomic E-state index is 13.1. The van der Waals surface area contributed by atoms with E-state index >= 15 is 0 Å². The summed E-state index contributed by atoms with van der Waals surface area (Å²) in [5.41, 5.74) is -0.487. The van der Waals surface area contributed by atoms with Crippen LogP contribution in [0, 0.1) is 5.92 Å². The Morgan fingerprint density at radius 2 is 1.86 bits per heavy atom. The van der Waals surface area contributed by atoms with Gasteiger partial charge in [-0.3, -0.25) is 4.90 Å². The fraction of sp³-hybridized carbons (Fsp3) is 0.667. The van der Waals surface area contributed by atoms with Gasteiger partial charge in [0.05, 0.1) is 12.2 Å². The lowest BCUT2D eigenvalue weighted by atomic mass is 9.85. The number of aromatic hydroxyl groups is 1. The third kappa shape index (κ3) is 5.15. The number of halogens is 3. The Morgan fingerprint density at radius 1 is 1.17 bits per heavy atom. The minimum Gasteiger partial charge on any atom is -0.508 e. The fourth-order valence-corrected chi connectivity index (χ4v) is 4.39. The average Bonchev–Trinajstić information content (AvgIpc) is 3.01. The number of amides is 1. The van der Waals surface area contributed by atoms with Gasteiger partial charge in [-0.2, -0.15) is 13.2 Å². The van der Waals surface area contributed by atoms with E-state index in [-0.39, 0.29) is 23.3 Å². The number of alkyl halides is 3. The van der Waals surface area contributed by atoms with Crippen molar-refractivity contribution >= 4 is 6.09 Å². The number of likely N-dealkylation sites (tertiary alicyclic amines) is 2. The SMILES string of the molecule is CC(C)COC(=O)N1CCC2(CCCN2Cc2cc(O)cc(C(F)(F)F)c2)CC1. The fourth-order valence-electron chi connectivity index (χ4n) is 4.39. The molecule has 1 N–H and O–H groups in total. The molecule has 0 atom stereocenters. The Labute approximate surface area is 169 Å². The number of piperidine rings is 1. The van der Waals surface area contributed by atoms with Crippen molar-refractivity contribution in [3.05, 3.63) is 29.3 Å². The van der Waals surface area contributed by atoms with E-state index in [4.69, 9.17) is 4.74 Å². The molecule has 162 valence electrons. The predicted octanol–water partition coefficient (Wildman–Crippen LogP) is 4.63. The van der Waals surface area contributed by atoms with E-state index < -0.39 is 11.7 Å². The summed E-state index contributed by atoms with van der Waals surface area (Å²) < 4.78 is 44.5. The monoisotopic (exact) mass is 414 g/mol. The minimum atomic E-state index is -4.49. The summed E-state index contributed by atoms with van der Waals surface area (Å²) in [7, 11) is 0. The molecular formula is C21H29F3N2O3. The molecule has 2 fully saturated rings. The topological polar surface area (TPSA) is 53.0 Å². The summed E-state index contributed by atoms with van der Waals surface area (Å²) >= 11 is 0. The molecule has 0 radical (unpaired) electrons. The summed E-state index contributed by atoms with van der Waals surface area (Å²) in [5, 5.41) is 9.74. The van der Waals surface area contributed by atoms with E-state index in [9.17, 15) is 23.1 Å². The highest BCUT2D eigenvalue weighted by Gasteiger charge is 2.44. The highest BCUT2D eigenvalue weighted by molar-refractivity contribution is 5.67. The van der Waals surface area contributed by atoms with E-state index in [2.05, 4.69) is 4.90 Å². The Kier molecular flexibility index (Phi) is 6.31. The number of hydrogen-bond acceptors (Lipinski definition) is 4. The molecule has 5 nitrogen and oxygen atoms in total. The zero-order valence-corrected chi connectivity index (χ0v) is 17.0. The zero-order chi connectivity index (χ0) is 21.2. The van der Waals surface area contributed by atoms with Crippen LogP contribution in [-0.2, 0) is 17.5 Å². The molecular weight excluding hydrogens is 385 g/mol. The molecule has 8 heteroatoms. The number of nitrogens with zero attached hydrogens (tertiary/aromatic N) is 2. The van der Waals surface area contributed by atoms with Crippen molar-refractivity contribution in [2.24, 2.45) is 5.92 Å². The molecule has 2 aliphatic rings. The van der Waals surface area contributed by atoms with Crippen LogP contribution in [0.3, 0.4) is 0 Å². The molecule has 29 heavy (non-hydrogen) atoms. The first kappa shape index (κ1) is 21.7. The number of phenols is 1. The van der Waals surface area contributed by atoms with E-state index in [1.807, 2.05) is 13.8 Å². The van der Waals surface area contributed by atoms with Crippen molar-refractivity contribution in [1.82, 2.24) is 9.80 Å². The first-order chi connectivity index (χ1) is 13.6. The van der Waals surface area contributed by atoms with Gasteiger partial charge >= 0.3 is 12.3 Å². The molecule has 2 saturated heterocycles. The molecule has 2 heterocycles. The van der Waals surface area contributed by atoms with Crippen LogP contribution in [0.2, 0.25) is 0 Å². The van der Waals surface area contributed by atoms with Crippen LogP contribution in [0.4, 0.5) is 18.0 Å². The van der Waals surface area contributed by atoms with Crippen molar-refractivity contribution in [3.8, 4) is 5.75 Å². The van der Waals surface area contributed by atoms with E-state index in [1.165, 1.54) is 6.07 Å². The van der Waals surface area contributed by atoms with Gasteiger partial charge in [0.2, 0.25) is 0 Å². The maximum Gasteiger partial charge on any atom is 0.416 e. The second-order valence-corrected chi connectivity index (χ2v) is 8.59. The molecule has 1 amide bonds. The van der Waals surface area contributed by atoms with Gasteiger partial charge in [-0.15, -0.1) is 0 Å². The lowest BCUT2D eigenvalue weighted by molar-refractivity contribution is -0.137. The van der Waals surface area contributed by atoms with Gasteiger partial charge in [-0.1, -0.05) is 13.8 Å². The molecule has 1 aromatic rings. The summed E-state index contributed by atoms with van der Waals surface area (Å²) in [6.45, 7) is 6.69. The van der Waals surface area contributed by atoms with Gasteiger partial charge in [-0.25, -0.2) is 4.79 Å². The second-order valence-electron chi connectivity index (χ2n) is 8.59. The quantitative estimate of drug-likeness (QED) is 0.780. The van der Waals surface area contributed by atoms with Crippen LogP contribution >= 0.6 is 0 Å². The molecule has 0 saturated carbocycles. The minimum absolute atomic E-state index is 0.112. The average molecular weight is 414 g/mol. The molecule has 1 spiro atoms. The summed E-state index contributed by atoms with van der Waals surface area (Å²) in [6, 6.07) is 3.27. The Balaban J connectivity index is 1.65. The summed E-state index contributed by atoms with van der Waals surface area (Å²) in [5.74, 6) is -0.0879. The van der Waals surface area contributed by atoms with Crippen LogP contribution in [-0.4, -0.2) is 52.8 Å². The van der Waals surface area contributed by atoms with Gasteiger partial charge in [0.25, 0.3) is 0 Å². The first-order valence-corrected chi connectivity index (χ1v) is 10.2. The number of phenolic OH excluding ortho intramolecular Hbond substituents is 1. The lowest BCUT2D eigenvalue weighted by Crippen LogP contribution is -2.53. The standard InChI is InChI=1S/C21H29F3N2O3/c1-15(2)14-29-19(28)25-8-5-20(6-9-25)4-3-7-26(20)13-16-10-17(21(22,23)24)12-18(27)11-16/h10-12,15,27H,3-9,13-14H2,1-2H3. The molecule has 0 bridgehead atoms. The highest BCUT2D eigenvalue weighted by atomic mass is 19.4. The van der Waals surface area contributed by atoms with Crippen molar-refractivity contribution in [2.45, 2.75) is 57.8 Å². The Morgan fingerprint density at radius 3 is 2.48 bits per heavy atom. The number of hydrogen-bond donors (Lipinski definition) is 1. The number of rotatable bonds is 4. The first-order valence-electron chi connectivity index (χ1n) is 10.2. The lowest BCUT2D eigenvalue weighted by Gasteiger charge is -2.45. The van der Waals surface area contributed by atoms with E-state index in [1.54, 1.807) is 4.90 Å². The normalized spacial score (nSPS) is 19.9. The van der Waals surface area contributed by atoms with Crippen LogP contribution in [0.5, 0.6) is 5.75 Å². The summed E-state index contributed by atoms with van der Waals surface area (Å²) in [4.78, 5) is 16.1. The molecule has 0 aliphatic carbocycles. The Bertz CT molecular complexity index is 728. The largest absolute Gasteiger partial charge is 0.508 e. The number of carbonyl (C=O) groups is 1. The molecule has 2 aliphatic heterocycles. The van der Waals surface area contributed by atoms with Gasteiger partial charge in [0, 0.05) is 25.2 Å². The van der Waals surface area contributed by atoms with Gasteiger partial charge in [0.1, 0.15) is 5.75 Å². The van der Waals surface area contributed by atoms with Crippen molar-refractivity contribution < 1.29 is 27.8 Å². The van der Waals surface area contributed by atoms with Crippen LogP contribution in [0.15, 0.2) is 18.2 Å².